The topological polar surface area (TPSA) is 62.3 Å². The molecule has 3 unspecified atom stereocenters. The number of nitrogens with zero attached hydrogens (tertiary/aromatic N) is 2. The van der Waals surface area contributed by atoms with Gasteiger partial charge in [-0.3, -0.25) is 4.90 Å². The van der Waals surface area contributed by atoms with E-state index < -0.39 is 0 Å². The van der Waals surface area contributed by atoms with Crippen molar-refractivity contribution in [2.75, 3.05) is 19.7 Å². The highest BCUT2D eigenvalue weighted by Gasteiger charge is 2.34. The third-order valence-electron chi connectivity index (χ3n) is 3.91. The van der Waals surface area contributed by atoms with Gasteiger partial charge in [0, 0.05) is 25.2 Å². The second kappa shape index (κ2) is 4.69. The predicted molar refractivity (Wildman–Crippen MR) is 67.7 cm³/mol. The molecule has 0 aromatic heterocycles. The minimum Gasteiger partial charge on any atom is -0.361 e. The molecule has 1 heterocycles. The van der Waals surface area contributed by atoms with Gasteiger partial charge in [0.25, 0.3) is 0 Å². The Hall–Kier alpha value is -1.41. The second-order valence-corrected chi connectivity index (χ2v) is 4.97. The van der Waals surface area contributed by atoms with Gasteiger partial charge in [0.1, 0.15) is 0 Å². The van der Waals surface area contributed by atoms with Crippen LogP contribution >= 0.6 is 0 Å². The van der Waals surface area contributed by atoms with E-state index in [9.17, 15) is 0 Å². The average molecular weight is 243 g/mol. The summed E-state index contributed by atoms with van der Waals surface area (Å²) in [5, 5.41) is 8.97. The summed E-state index contributed by atoms with van der Waals surface area (Å²) in [6, 6.07) is 11.0. The van der Waals surface area contributed by atoms with Crippen LogP contribution in [0, 0.1) is 11.3 Å². The Bertz CT molecular complexity index is 482. The number of morpholine rings is 1. The maximum atomic E-state index is 8.97. The fraction of sp³-hybridized carbons (Fsp3) is 0.500. The van der Waals surface area contributed by atoms with Gasteiger partial charge >= 0.3 is 0 Å². The number of hydrogen-bond donors (Lipinski definition) is 1. The molecule has 0 bridgehead atoms. The van der Waals surface area contributed by atoms with Crippen LogP contribution in [-0.4, -0.2) is 30.7 Å². The Morgan fingerprint density at radius 1 is 1.33 bits per heavy atom. The van der Waals surface area contributed by atoms with Gasteiger partial charge in [0.2, 0.25) is 0 Å². The van der Waals surface area contributed by atoms with E-state index >= 15 is 0 Å². The first-order valence-electron chi connectivity index (χ1n) is 6.39. The van der Waals surface area contributed by atoms with Crippen molar-refractivity contribution in [2.45, 2.75) is 24.6 Å². The molecule has 18 heavy (non-hydrogen) atoms. The van der Waals surface area contributed by atoms with E-state index in [2.05, 4.69) is 29.2 Å². The lowest BCUT2D eigenvalue weighted by molar-refractivity contribution is -0.0180. The molecule has 1 aromatic carbocycles. The van der Waals surface area contributed by atoms with Gasteiger partial charge in [-0.05, 0) is 17.5 Å². The monoisotopic (exact) mass is 243 g/mol. The number of nitrogens with two attached hydrogens (primary N) is 1. The summed E-state index contributed by atoms with van der Waals surface area (Å²) < 4.78 is 5.40. The van der Waals surface area contributed by atoms with Gasteiger partial charge in [0.05, 0.1) is 12.7 Å². The van der Waals surface area contributed by atoms with Crippen molar-refractivity contribution >= 4 is 0 Å². The summed E-state index contributed by atoms with van der Waals surface area (Å²) in [5.74, 6) is 0. The van der Waals surface area contributed by atoms with Gasteiger partial charge in [-0.2, -0.15) is 5.26 Å². The van der Waals surface area contributed by atoms with E-state index in [0.717, 1.165) is 13.0 Å². The van der Waals surface area contributed by atoms with E-state index in [4.69, 9.17) is 15.7 Å². The standard InChI is InChI=1S/C14H17N3O/c15-8-10-9-17(5-6-18-10)14-7-13(16)11-3-1-2-4-12(11)14/h1-4,10,13-14H,5-7,9,16H2. The molecule has 3 atom stereocenters. The van der Waals surface area contributed by atoms with Gasteiger partial charge in [-0.1, -0.05) is 24.3 Å². The number of fused-ring (bicyclic) bond motifs is 1. The molecule has 0 radical (unpaired) electrons. The Balaban J connectivity index is 1.84. The molecule has 3 rings (SSSR count). The van der Waals surface area contributed by atoms with Crippen LogP contribution in [0.2, 0.25) is 0 Å². The Morgan fingerprint density at radius 2 is 2.11 bits per heavy atom. The van der Waals surface area contributed by atoms with E-state index in [-0.39, 0.29) is 12.1 Å². The lowest BCUT2D eigenvalue weighted by Crippen LogP contribution is -2.43. The van der Waals surface area contributed by atoms with E-state index in [1.165, 1.54) is 11.1 Å². The maximum absolute atomic E-state index is 8.97. The molecule has 1 fully saturated rings. The summed E-state index contributed by atoms with van der Waals surface area (Å²) in [6.07, 6.45) is 0.639. The molecule has 94 valence electrons. The minimum absolute atomic E-state index is 0.120. The number of ether oxygens (including phenoxy) is 1. The molecule has 0 amide bonds. The van der Waals surface area contributed by atoms with Crippen molar-refractivity contribution in [2.24, 2.45) is 5.73 Å². The van der Waals surface area contributed by atoms with Crippen LogP contribution < -0.4 is 5.73 Å². The first kappa shape index (κ1) is 11.7. The van der Waals surface area contributed by atoms with Crippen LogP contribution in [-0.2, 0) is 4.74 Å². The van der Waals surface area contributed by atoms with Crippen molar-refractivity contribution in [1.82, 2.24) is 4.90 Å². The number of hydrogen-bond acceptors (Lipinski definition) is 4. The van der Waals surface area contributed by atoms with E-state index in [1.54, 1.807) is 0 Å². The molecule has 1 saturated heterocycles. The lowest BCUT2D eigenvalue weighted by atomic mass is 10.1. The van der Waals surface area contributed by atoms with Crippen LogP contribution in [0.4, 0.5) is 0 Å². The van der Waals surface area contributed by atoms with Crippen LogP contribution in [0.3, 0.4) is 0 Å². The molecule has 0 saturated carbocycles. The van der Waals surface area contributed by atoms with Crippen molar-refractivity contribution in [3.8, 4) is 6.07 Å². The van der Waals surface area contributed by atoms with Crippen LogP contribution in [0.1, 0.15) is 29.6 Å². The van der Waals surface area contributed by atoms with E-state index in [0.29, 0.717) is 19.2 Å². The summed E-state index contributed by atoms with van der Waals surface area (Å²) in [4.78, 5) is 2.34. The molecular weight excluding hydrogens is 226 g/mol. The molecule has 4 heteroatoms. The zero-order valence-corrected chi connectivity index (χ0v) is 10.2. The van der Waals surface area contributed by atoms with Crippen LogP contribution in [0.15, 0.2) is 24.3 Å². The largest absolute Gasteiger partial charge is 0.361 e. The molecule has 2 N–H and O–H groups in total. The molecular formula is C14H17N3O. The smallest absolute Gasteiger partial charge is 0.156 e. The quantitative estimate of drug-likeness (QED) is 0.809. The predicted octanol–water partition coefficient (Wildman–Crippen LogP) is 1.36. The first-order chi connectivity index (χ1) is 8.79. The summed E-state index contributed by atoms with van der Waals surface area (Å²) in [7, 11) is 0. The molecule has 1 aromatic rings. The van der Waals surface area contributed by atoms with Gasteiger partial charge in [-0.15, -0.1) is 0 Å². The third kappa shape index (κ3) is 1.91. The maximum Gasteiger partial charge on any atom is 0.156 e. The average Bonchev–Trinajstić information content (AvgIpc) is 2.77. The molecule has 0 spiro atoms. The molecule has 1 aliphatic heterocycles. The Morgan fingerprint density at radius 3 is 2.89 bits per heavy atom. The number of rotatable bonds is 1. The summed E-state index contributed by atoms with van der Waals surface area (Å²) in [5.41, 5.74) is 8.76. The van der Waals surface area contributed by atoms with Gasteiger partial charge < -0.3 is 10.5 Å². The fourth-order valence-corrected chi connectivity index (χ4v) is 3.02. The van der Waals surface area contributed by atoms with Crippen molar-refractivity contribution < 1.29 is 4.74 Å². The highest BCUT2D eigenvalue weighted by atomic mass is 16.5. The van der Waals surface area contributed by atoms with Crippen LogP contribution in [0.5, 0.6) is 0 Å². The zero-order chi connectivity index (χ0) is 12.5. The van der Waals surface area contributed by atoms with Crippen molar-refractivity contribution in [3.05, 3.63) is 35.4 Å². The highest BCUT2D eigenvalue weighted by Crippen LogP contribution is 2.41. The number of benzene rings is 1. The minimum atomic E-state index is -0.303. The SMILES string of the molecule is N#CC1CN(C2CC(N)c3ccccc32)CCO1. The Labute approximate surface area is 107 Å². The van der Waals surface area contributed by atoms with Crippen LogP contribution in [0.25, 0.3) is 0 Å². The fourth-order valence-electron chi connectivity index (χ4n) is 3.02. The third-order valence-corrected chi connectivity index (χ3v) is 3.91. The first-order valence-corrected chi connectivity index (χ1v) is 6.39. The summed E-state index contributed by atoms with van der Waals surface area (Å²) >= 11 is 0. The van der Waals surface area contributed by atoms with Crippen molar-refractivity contribution in [1.29, 1.82) is 5.26 Å². The highest BCUT2D eigenvalue weighted by molar-refractivity contribution is 5.37. The van der Waals surface area contributed by atoms with Gasteiger partial charge in [0.15, 0.2) is 6.10 Å². The molecule has 1 aliphatic carbocycles. The number of nitriles is 1. The normalized spacial score (nSPS) is 31.9. The Kier molecular flexibility index (Phi) is 3.04. The second-order valence-electron chi connectivity index (χ2n) is 4.97. The lowest BCUT2D eigenvalue weighted by Gasteiger charge is -2.34. The van der Waals surface area contributed by atoms with Crippen molar-refractivity contribution in [3.63, 3.8) is 0 Å². The zero-order valence-electron chi connectivity index (χ0n) is 10.2. The van der Waals surface area contributed by atoms with Gasteiger partial charge in [-0.25, -0.2) is 0 Å². The molecule has 2 aliphatic rings. The summed E-state index contributed by atoms with van der Waals surface area (Å²) in [6.45, 7) is 2.19. The molecule has 4 nitrogen and oxygen atoms in total. The van der Waals surface area contributed by atoms with E-state index in [1.807, 2.05) is 6.07 Å².